The minimum atomic E-state index is -0.881. The summed E-state index contributed by atoms with van der Waals surface area (Å²) in [7, 11) is 0. The van der Waals surface area contributed by atoms with Crippen LogP contribution in [0.1, 0.15) is 31.0 Å². The number of aliphatic hydroxyl groups excluding tert-OH is 1. The largest absolute Gasteiger partial charge is 0.485 e. The van der Waals surface area contributed by atoms with E-state index in [-0.39, 0.29) is 0 Å². The van der Waals surface area contributed by atoms with E-state index in [4.69, 9.17) is 15.3 Å². The zero-order chi connectivity index (χ0) is 17.0. The van der Waals surface area contributed by atoms with Gasteiger partial charge in [-0.25, -0.2) is 0 Å². The van der Waals surface area contributed by atoms with Crippen LogP contribution in [0.15, 0.2) is 35.8 Å². The highest BCUT2D eigenvalue weighted by Crippen LogP contribution is 2.42. The lowest BCUT2D eigenvalue weighted by Crippen LogP contribution is -2.53. The first kappa shape index (κ1) is 16.5. The highest BCUT2D eigenvalue weighted by molar-refractivity contribution is 5.59. The molecule has 0 bridgehead atoms. The Hall–Kier alpha value is -2.83. The second-order valence-electron chi connectivity index (χ2n) is 5.79. The molecule has 1 N–H and O–H groups in total. The third-order valence-electron chi connectivity index (χ3n) is 3.80. The second-order valence-corrected chi connectivity index (χ2v) is 5.79. The molecule has 1 aromatic rings. The van der Waals surface area contributed by atoms with Crippen LogP contribution in [-0.4, -0.2) is 34.6 Å². The number of nitriles is 2. The molecule has 1 aromatic carbocycles. The molecule has 0 amide bonds. The van der Waals surface area contributed by atoms with Gasteiger partial charge in [-0.1, -0.05) is 6.08 Å². The fraction of sp³-hybridized carbons (Fsp3) is 0.353. The van der Waals surface area contributed by atoms with Gasteiger partial charge in [-0.2, -0.15) is 15.5 Å². The number of fused-ring (bicyclic) bond motifs is 1. The molecule has 118 valence electrons. The van der Waals surface area contributed by atoms with Crippen LogP contribution in [0.3, 0.4) is 0 Å². The second kappa shape index (κ2) is 6.51. The third kappa shape index (κ3) is 3.18. The molecule has 6 nitrogen and oxygen atoms in total. The van der Waals surface area contributed by atoms with Gasteiger partial charge in [0.1, 0.15) is 23.8 Å². The Labute approximate surface area is 135 Å². The number of rotatable bonds is 4. The third-order valence-corrected chi connectivity index (χ3v) is 3.80. The maximum Gasteiger partial charge on any atom is 0.207 e. The summed E-state index contributed by atoms with van der Waals surface area (Å²) in [6, 6.07) is 6.67. The molecular weight excluding hydrogens is 292 g/mol. The Morgan fingerprint density at radius 2 is 2.22 bits per heavy atom. The number of aliphatic imine (C=N–C) groups is 1. The first-order valence-corrected chi connectivity index (χ1v) is 7.14. The lowest BCUT2D eigenvalue weighted by atomic mass is 9.85. The van der Waals surface area contributed by atoms with Gasteiger partial charge < -0.3 is 14.7 Å². The summed E-state index contributed by atoms with van der Waals surface area (Å²) >= 11 is 0. The average molecular weight is 310 g/mol. The molecule has 1 aliphatic heterocycles. The van der Waals surface area contributed by atoms with Gasteiger partial charge in [0.2, 0.25) is 6.19 Å². The fourth-order valence-electron chi connectivity index (χ4n) is 2.68. The standard InChI is InChI=1S/C17H18N4O2/c1-4-7-21(11-20-10-19)15-13-8-12(9-18)5-6-14(13)23-17(2,3)16(15)22/h4-6,8,11,15-16,22H,1,7H2,2-3H3. The van der Waals surface area contributed by atoms with Gasteiger partial charge in [0.25, 0.3) is 0 Å². The van der Waals surface area contributed by atoms with Crippen molar-refractivity contribution in [2.24, 2.45) is 4.99 Å². The van der Waals surface area contributed by atoms with E-state index in [1.807, 2.05) is 0 Å². The summed E-state index contributed by atoms with van der Waals surface area (Å²) in [5, 5.41) is 28.6. The number of nitrogens with zero attached hydrogens (tertiary/aromatic N) is 4. The van der Waals surface area contributed by atoms with Crippen LogP contribution in [0, 0.1) is 22.8 Å². The minimum absolute atomic E-state index is 0.388. The van der Waals surface area contributed by atoms with Gasteiger partial charge in [-0.15, -0.1) is 6.58 Å². The van der Waals surface area contributed by atoms with E-state index in [1.54, 1.807) is 49.2 Å². The molecule has 2 rings (SSSR count). The Morgan fingerprint density at radius 3 is 2.83 bits per heavy atom. The highest BCUT2D eigenvalue weighted by atomic mass is 16.5. The van der Waals surface area contributed by atoms with Crippen LogP contribution in [0.2, 0.25) is 0 Å². The van der Waals surface area contributed by atoms with Crippen molar-refractivity contribution < 1.29 is 9.84 Å². The number of hydrogen-bond acceptors (Lipinski definition) is 5. The SMILES string of the molecule is C=CCN(C=NC#N)C1c2cc(C#N)ccc2OC(C)(C)C1O. The summed E-state index contributed by atoms with van der Waals surface area (Å²) in [5.74, 6) is 0.601. The van der Waals surface area contributed by atoms with Crippen LogP contribution in [0.25, 0.3) is 0 Å². The Morgan fingerprint density at radius 1 is 1.48 bits per heavy atom. The predicted molar refractivity (Wildman–Crippen MR) is 85.6 cm³/mol. The molecule has 0 radical (unpaired) electrons. The van der Waals surface area contributed by atoms with E-state index in [0.717, 1.165) is 0 Å². The van der Waals surface area contributed by atoms with Gasteiger partial charge in [0, 0.05) is 12.1 Å². The molecular formula is C17H18N4O2. The number of aliphatic hydroxyl groups is 1. The quantitative estimate of drug-likeness (QED) is 0.398. The molecule has 1 aliphatic rings. The monoisotopic (exact) mass is 310 g/mol. The maximum absolute atomic E-state index is 10.8. The topological polar surface area (TPSA) is 92.6 Å². The van der Waals surface area contributed by atoms with Crippen molar-refractivity contribution in [2.45, 2.75) is 31.6 Å². The Bertz CT molecular complexity index is 712. The predicted octanol–water partition coefficient (Wildman–Crippen LogP) is 2.13. The van der Waals surface area contributed by atoms with Gasteiger partial charge in [0.05, 0.1) is 17.7 Å². The van der Waals surface area contributed by atoms with Crippen molar-refractivity contribution in [3.63, 3.8) is 0 Å². The van der Waals surface area contributed by atoms with Crippen molar-refractivity contribution in [3.05, 3.63) is 42.0 Å². The van der Waals surface area contributed by atoms with E-state index < -0.39 is 17.7 Å². The summed E-state index contributed by atoms with van der Waals surface area (Å²) in [6.45, 7) is 7.67. The summed E-state index contributed by atoms with van der Waals surface area (Å²) < 4.78 is 5.87. The highest BCUT2D eigenvalue weighted by Gasteiger charge is 2.45. The van der Waals surface area contributed by atoms with E-state index in [2.05, 4.69) is 17.6 Å². The molecule has 0 aromatic heterocycles. The molecule has 2 atom stereocenters. The number of ether oxygens (including phenoxy) is 1. The van der Waals surface area contributed by atoms with Gasteiger partial charge >= 0.3 is 0 Å². The van der Waals surface area contributed by atoms with Crippen molar-refractivity contribution in [2.75, 3.05) is 6.54 Å². The molecule has 6 heteroatoms. The summed E-state index contributed by atoms with van der Waals surface area (Å²) in [5.41, 5.74) is 0.327. The van der Waals surface area contributed by atoms with Crippen LogP contribution in [0.4, 0.5) is 0 Å². The molecule has 1 heterocycles. The van der Waals surface area contributed by atoms with E-state index in [0.29, 0.717) is 23.4 Å². The molecule has 23 heavy (non-hydrogen) atoms. The fourth-order valence-corrected chi connectivity index (χ4v) is 2.68. The van der Waals surface area contributed by atoms with Gasteiger partial charge in [-0.3, -0.25) is 0 Å². The first-order valence-electron chi connectivity index (χ1n) is 7.14. The zero-order valence-corrected chi connectivity index (χ0v) is 13.1. The number of hydrogen-bond donors (Lipinski definition) is 1. The van der Waals surface area contributed by atoms with Crippen molar-refractivity contribution in [3.8, 4) is 18.0 Å². The molecule has 0 fully saturated rings. The van der Waals surface area contributed by atoms with Crippen LogP contribution in [-0.2, 0) is 0 Å². The van der Waals surface area contributed by atoms with Crippen LogP contribution in [0.5, 0.6) is 5.75 Å². The molecule has 0 spiro atoms. The van der Waals surface area contributed by atoms with Crippen LogP contribution >= 0.6 is 0 Å². The zero-order valence-electron chi connectivity index (χ0n) is 13.1. The Balaban J connectivity index is 2.59. The van der Waals surface area contributed by atoms with E-state index >= 15 is 0 Å². The van der Waals surface area contributed by atoms with E-state index in [1.165, 1.54) is 6.34 Å². The Kier molecular flexibility index (Phi) is 4.68. The maximum atomic E-state index is 10.8. The summed E-state index contributed by atoms with van der Waals surface area (Å²) in [4.78, 5) is 5.32. The van der Waals surface area contributed by atoms with Gasteiger partial charge in [-0.05, 0) is 32.0 Å². The summed E-state index contributed by atoms with van der Waals surface area (Å²) in [6.07, 6.45) is 3.86. The average Bonchev–Trinajstić information content (AvgIpc) is 2.52. The first-order chi connectivity index (χ1) is 10.9. The van der Waals surface area contributed by atoms with Crippen LogP contribution < -0.4 is 4.74 Å². The van der Waals surface area contributed by atoms with Crippen molar-refractivity contribution >= 4 is 6.34 Å². The van der Waals surface area contributed by atoms with E-state index in [9.17, 15) is 5.11 Å². The van der Waals surface area contributed by atoms with Gasteiger partial charge in [0.15, 0.2) is 0 Å². The molecule has 0 aliphatic carbocycles. The normalized spacial score (nSPS) is 21.6. The number of benzene rings is 1. The van der Waals surface area contributed by atoms with Crippen molar-refractivity contribution in [1.29, 1.82) is 10.5 Å². The molecule has 0 saturated carbocycles. The smallest absolute Gasteiger partial charge is 0.207 e. The molecule has 2 unspecified atom stereocenters. The van der Waals surface area contributed by atoms with Crippen molar-refractivity contribution in [1.82, 2.24) is 4.90 Å². The molecule has 0 saturated heterocycles. The lowest BCUT2D eigenvalue weighted by molar-refractivity contribution is -0.0795. The lowest BCUT2D eigenvalue weighted by Gasteiger charge is -2.45. The minimum Gasteiger partial charge on any atom is -0.485 e.